The van der Waals surface area contributed by atoms with Crippen LogP contribution in [0.2, 0.25) is 0 Å². The Morgan fingerprint density at radius 2 is 1.95 bits per heavy atom. The second kappa shape index (κ2) is 9.91. The van der Waals surface area contributed by atoms with Crippen LogP contribution in [0.15, 0.2) is 29.3 Å². The van der Waals surface area contributed by atoms with Crippen LogP contribution >= 0.6 is 24.0 Å². The first-order chi connectivity index (χ1) is 9.78. The van der Waals surface area contributed by atoms with Gasteiger partial charge in [-0.3, -0.25) is 4.99 Å². The highest BCUT2D eigenvalue weighted by molar-refractivity contribution is 14.0. The van der Waals surface area contributed by atoms with Gasteiger partial charge in [-0.25, -0.2) is 0 Å². The summed E-state index contributed by atoms with van der Waals surface area (Å²) in [6.07, 6.45) is -4.42. The molecule has 0 aliphatic heterocycles. The highest BCUT2D eigenvalue weighted by atomic mass is 127. The summed E-state index contributed by atoms with van der Waals surface area (Å²) in [5.74, 6) is 0.634. The lowest BCUT2D eigenvalue weighted by atomic mass is 10.0. The highest BCUT2D eigenvalue weighted by Gasteiger charge is 2.25. The van der Waals surface area contributed by atoms with Crippen LogP contribution in [0.5, 0.6) is 0 Å². The van der Waals surface area contributed by atoms with Gasteiger partial charge in [0.1, 0.15) is 0 Å². The molecular weight excluding hydrogens is 406 g/mol. The van der Waals surface area contributed by atoms with Crippen molar-refractivity contribution < 1.29 is 13.2 Å². The molecule has 0 aliphatic carbocycles. The number of aliphatic imine (C=N–C) groups is 1. The highest BCUT2D eigenvalue weighted by Crippen LogP contribution is 2.22. The minimum Gasteiger partial charge on any atom is -0.370 e. The van der Waals surface area contributed by atoms with Crippen molar-refractivity contribution in [3.8, 4) is 0 Å². The van der Waals surface area contributed by atoms with Crippen molar-refractivity contribution in [3.05, 3.63) is 29.8 Å². The molecule has 0 bridgehead atoms. The van der Waals surface area contributed by atoms with E-state index in [9.17, 15) is 13.2 Å². The normalized spacial score (nSPS) is 12.2. The number of nitrogens with one attached hydrogen (secondary N) is 1. The molecule has 0 saturated heterocycles. The van der Waals surface area contributed by atoms with Gasteiger partial charge in [0.25, 0.3) is 0 Å². The fraction of sp³-hybridized carbons (Fsp3) is 0.533. The van der Waals surface area contributed by atoms with Crippen molar-refractivity contribution in [2.75, 3.05) is 11.9 Å². The van der Waals surface area contributed by atoms with Crippen LogP contribution in [0.1, 0.15) is 44.6 Å². The molecule has 0 aliphatic rings. The molecule has 0 spiro atoms. The lowest BCUT2D eigenvalue weighted by Crippen LogP contribution is -2.23. The third kappa shape index (κ3) is 9.11. The maximum absolute atomic E-state index is 12.0. The van der Waals surface area contributed by atoms with Crippen LogP contribution in [0.25, 0.3) is 0 Å². The minimum atomic E-state index is -4.09. The molecule has 22 heavy (non-hydrogen) atoms. The van der Waals surface area contributed by atoms with Crippen LogP contribution in [0.3, 0.4) is 0 Å². The minimum absolute atomic E-state index is 0. The maximum atomic E-state index is 12.0. The Kier molecular flexibility index (Phi) is 9.47. The summed E-state index contributed by atoms with van der Waals surface area (Å²) in [4.78, 5) is 4.03. The molecule has 0 unspecified atom stereocenters. The van der Waals surface area contributed by atoms with Crippen LogP contribution in [0, 0.1) is 0 Å². The Morgan fingerprint density at radius 1 is 1.27 bits per heavy atom. The fourth-order valence-electron chi connectivity index (χ4n) is 1.80. The van der Waals surface area contributed by atoms with Gasteiger partial charge in [-0.15, -0.1) is 24.0 Å². The van der Waals surface area contributed by atoms with Crippen molar-refractivity contribution in [3.63, 3.8) is 0 Å². The molecule has 1 aromatic carbocycles. The van der Waals surface area contributed by atoms with Crippen molar-refractivity contribution in [1.82, 2.24) is 0 Å². The van der Waals surface area contributed by atoms with E-state index in [4.69, 9.17) is 5.73 Å². The second-order valence-corrected chi connectivity index (χ2v) is 5.24. The summed E-state index contributed by atoms with van der Waals surface area (Å²) in [6, 6.07) is 7.81. The number of anilines is 1. The molecule has 0 atom stereocenters. The quantitative estimate of drug-likeness (QED) is 0.293. The van der Waals surface area contributed by atoms with Crippen molar-refractivity contribution in [2.45, 2.75) is 45.2 Å². The van der Waals surface area contributed by atoms with E-state index >= 15 is 0 Å². The third-order valence-electron chi connectivity index (χ3n) is 2.98. The van der Waals surface area contributed by atoms with E-state index in [0.717, 1.165) is 5.69 Å². The molecule has 1 aromatic rings. The number of nitrogens with two attached hydrogens (primary N) is 1. The van der Waals surface area contributed by atoms with Crippen molar-refractivity contribution >= 4 is 35.6 Å². The molecule has 3 nitrogen and oxygen atoms in total. The first kappa shape index (κ1) is 21.0. The lowest BCUT2D eigenvalue weighted by Gasteiger charge is -2.10. The molecule has 0 amide bonds. The van der Waals surface area contributed by atoms with E-state index in [1.54, 1.807) is 0 Å². The van der Waals surface area contributed by atoms with E-state index in [2.05, 4.69) is 24.2 Å². The molecule has 0 fully saturated rings. The monoisotopic (exact) mass is 429 g/mol. The van der Waals surface area contributed by atoms with E-state index in [1.165, 1.54) is 5.56 Å². The summed E-state index contributed by atoms with van der Waals surface area (Å²) in [5, 5.41) is 2.95. The summed E-state index contributed by atoms with van der Waals surface area (Å²) >= 11 is 0. The number of alkyl halides is 3. The van der Waals surface area contributed by atoms with Crippen molar-refractivity contribution in [1.29, 1.82) is 0 Å². The van der Waals surface area contributed by atoms with Crippen LogP contribution in [-0.4, -0.2) is 18.7 Å². The Hall–Kier alpha value is -0.990. The summed E-state index contributed by atoms with van der Waals surface area (Å²) in [5.41, 5.74) is 7.73. The zero-order valence-electron chi connectivity index (χ0n) is 12.8. The first-order valence-corrected chi connectivity index (χ1v) is 7.01. The third-order valence-corrected chi connectivity index (χ3v) is 2.98. The molecule has 0 saturated carbocycles. The summed E-state index contributed by atoms with van der Waals surface area (Å²) in [7, 11) is 0. The van der Waals surface area contributed by atoms with Gasteiger partial charge < -0.3 is 11.1 Å². The maximum Gasteiger partial charge on any atom is 0.389 e. The number of halogens is 4. The van der Waals surface area contributed by atoms with Gasteiger partial charge in [0.05, 0.1) is 0 Å². The van der Waals surface area contributed by atoms with Crippen LogP contribution in [-0.2, 0) is 0 Å². The first-order valence-electron chi connectivity index (χ1n) is 7.01. The second-order valence-electron chi connectivity index (χ2n) is 5.24. The average molecular weight is 429 g/mol. The molecular formula is C15H23F3IN3. The van der Waals surface area contributed by atoms with Crippen LogP contribution in [0.4, 0.5) is 18.9 Å². The molecule has 0 heterocycles. The zero-order chi connectivity index (χ0) is 15.9. The number of hydrogen-bond donors (Lipinski definition) is 2. The number of rotatable bonds is 6. The molecule has 7 heteroatoms. The predicted octanol–water partition coefficient (Wildman–Crippen LogP) is 4.89. The standard InChI is InChI=1S/C15H22F3N3.HI/c1-11(2)12-6-5-7-13(10-12)21-14(19)20-9-4-3-8-15(16,17)18;/h5-7,10-11H,3-4,8-9H2,1-2H3,(H3,19,20,21);1H. The number of hydrogen-bond acceptors (Lipinski definition) is 1. The largest absolute Gasteiger partial charge is 0.389 e. The number of unbranched alkanes of at least 4 members (excludes halogenated alkanes) is 1. The SMILES string of the molecule is CC(C)c1cccc(NC(N)=NCCCCC(F)(F)F)c1.I. The van der Waals surface area contributed by atoms with E-state index in [-0.39, 0.29) is 36.4 Å². The molecule has 3 N–H and O–H groups in total. The molecule has 0 aromatic heterocycles. The van der Waals surface area contributed by atoms with Gasteiger partial charge in [-0.2, -0.15) is 13.2 Å². The number of benzene rings is 1. The van der Waals surface area contributed by atoms with E-state index in [1.807, 2.05) is 24.3 Å². The number of nitrogens with zero attached hydrogens (tertiary/aromatic N) is 1. The molecule has 126 valence electrons. The fourth-order valence-corrected chi connectivity index (χ4v) is 1.80. The Balaban J connectivity index is 0.00000441. The molecule has 1 rings (SSSR count). The van der Waals surface area contributed by atoms with Gasteiger partial charge in [0.15, 0.2) is 5.96 Å². The van der Waals surface area contributed by atoms with E-state index < -0.39 is 12.6 Å². The van der Waals surface area contributed by atoms with Gasteiger partial charge in [0.2, 0.25) is 0 Å². The van der Waals surface area contributed by atoms with Crippen LogP contribution < -0.4 is 11.1 Å². The molecule has 0 radical (unpaired) electrons. The Morgan fingerprint density at radius 3 is 2.55 bits per heavy atom. The zero-order valence-corrected chi connectivity index (χ0v) is 15.1. The van der Waals surface area contributed by atoms with E-state index in [0.29, 0.717) is 18.9 Å². The van der Waals surface area contributed by atoms with Gasteiger partial charge in [-0.05, 0) is 36.5 Å². The topological polar surface area (TPSA) is 50.4 Å². The Bertz CT molecular complexity index is 473. The summed E-state index contributed by atoms with van der Waals surface area (Å²) < 4.78 is 35.9. The number of guanidine groups is 1. The predicted molar refractivity (Wildman–Crippen MR) is 96.0 cm³/mol. The smallest absolute Gasteiger partial charge is 0.370 e. The van der Waals surface area contributed by atoms with Crippen molar-refractivity contribution in [2.24, 2.45) is 10.7 Å². The van der Waals surface area contributed by atoms with Gasteiger partial charge in [0, 0.05) is 18.7 Å². The average Bonchev–Trinajstić information content (AvgIpc) is 2.37. The van der Waals surface area contributed by atoms with Gasteiger partial charge in [-0.1, -0.05) is 26.0 Å². The summed E-state index contributed by atoms with van der Waals surface area (Å²) in [6.45, 7) is 4.48. The van der Waals surface area contributed by atoms with Gasteiger partial charge >= 0.3 is 6.18 Å². The Labute approximate surface area is 146 Å². The lowest BCUT2D eigenvalue weighted by molar-refractivity contribution is -0.135.